The first-order valence-electron chi connectivity index (χ1n) is 8.46. The molecule has 0 radical (unpaired) electrons. The highest BCUT2D eigenvalue weighted by molar-refractivity contribution is 7.21. The summed E-state index contributed by atoms with van der Waals surface area (Å²) in [5.41, 5.74) is -1.03. The molecule has 0 saturated heterocycles. The van der Waals surface area contributed by atoms with Gasteiger partial charge in [0.2, 0.25) is 5.13 Å². The Morgan fingerprint density at radius 1 is 1.20 bits per heavy atom. The van der Waals surface area contributed by atoms with Crippen molar-refractivity contribution in [3.05, 3.63) is 64.3 Å². The van der Waals surface area contributed by atoms with E-state index in [1.54, 1.807) is 6.07 Å². The van der Waals surface area contributed by atoms with Crippen LogP contribution in [0, 0.1) is 6.92 Å². The Morgan fingerprint density at radius 3 is 2.70 bits per heavy atom. The maximum atomic E-state index is 13.3. The molecule has 4 aromatic rings. The van der Waals surface area contributed by atoms with Gasteiger partial charge in [0.15, 0.2) is 5.69 Å². The fourth-order valence-corrected chi connectivity index (χ4v) is 3.71. The van der Waals surface area contributed by atoms with Crippen molar-refractivity contribution in [2.45, 2.75) is 13.1 Å². The lowest BCUT2D eigenvalue weighted by molar-refractivity contribution is -0.144. The molecular formula is C19H12ClF3N4O2S. The second-order valence-corrected chi connectivity index (χ2v) is 7.64. The van der Waals surface area contributed by atoms with Gasteiger partial charge in [-0.3, -0.25) is 0 Å². The van der Waals surface area contributed by atoms with E-state index < -0.39 is 11.9 Å². The van der Waals surface area contributed by atoms with Crippen LogP contribution in [-0.4, -0.2) is 15.2 Å². The molecule has 0 fully saturated rings. The molecule has 0 bridgehead atoms. The standard InChI is InChI=1S/C19H12ClF3N4O2S/c1-9-15(24-12-8-10(20)6-7-13(12)28)17(29-27-16(9)19(21,22)23)26-18-25-11-4-2-3-5-14(11)30-18/h2-8,24,28H,1H3. The fourth-order valence-electron chi connectivity index (χ4n) is 2.71. The van der Waals surface area contributed by atoms with Crippen LogP contribution in [0.2, 0.25) is 5.02 Å². The van der Waals surface area contributed by atoms with Gasteiger partial charge in [0.05, 0.1) is 15.9 Å². The van der Waals surface area contributed by atoms with Crippen molar-refractivity contribution in [2.24, 2.45) is 4.99 Å². The van der Waals surface area contributed by atoms with E-state index in [4.69, 9.17) is 16.1 Å². The molecule has 0 unspecified atom stereocenters. The molecule has 154 valence electrons. The average Bonchev–Trinajstić information content (AvgIpc) is 3.08. The van der Waals surface area contributed by atoms with Gasteiger partial charge < -0.3 is 14.9 Å². The normalized spacial score (nSPS) is 12.5. The maximum Gasteiger partial charge on any atom is 0.437 e. The van der Waals surface area contributed by atoms with Gasteiger partial charge >= 0.3 is 6.18 Å². The van der Waals surface area contributed by atoms with Crippen LogP contribution in [0.4, 0.5) is 29.7 Å². The number of phenolic OH excluding ortho intramolecular Hbond substituents is 1. The van der Waals surface area contributed by atoms with Crippen molar-refractivity contribution in [3.63, 3.8) is 0 Å². The van der Waals surface area contributed by atoms with Crippen molar-refractivity contribution in [1.82, 2.24) is 10.1 Å². The van der Waals surface area contributed by atoms with E-state index in [9.17, 15) is 18.3 Å². The van der Waals surface area contributed by atoms with Crippen LogP contribution in [0.5, 0.6) is 5.75 Å². The molecule has 4 rings (SSSR count). The molecule has 0 aliphatic carbocycles. The molecular weight excluding hydrogens is 441 g/mol. The van der Waals surface area contributed by atoms with E-state index in [1.165, 1.54) is 36.5 Å². The maximum absolute atomic E-state index is 13.3. The predicted molar refractivity (Wildman–Crippen MR) is 107 cm³/mol. The van der Waals surface area contributed by atoms with Crippen molar-refractivity contribution >= 4 is 49.7 Å². The van der Waals surface area contributed by atoms with Gasteiger partial charge in [-0.1, -0.05) is 40.2 Å². The van der Waals surface area contributed by atoms with Crippen LogP contribution in [-0.2, 0) is 6.18 Å². The van der Waals surface area contributed by atoms with E-state index in [-0.39, 0.29) is 38.4 Å². The molecule has 2 N–H and O–H groups in total. The lowest BCUT2D eigenvalue weighted by Gasteiger charge is -2.14. The number of fused-ring (bicyclic) bond motifs is 1. The number of phenols is 1. The molecule has 0 aliphatic heterocycles. The Kier molecular flexibility index (Phi) is 5.12. The SMILES string of the molecule is Cc1c(C(F)(F)F)noc(=Nc2nc3ccccc3s2)c1Nc1cc(Cl)ccc1O. The first-order chi connectivity index (χ1) is 14.2. The quantitative estimate of drug-likeness (QED) is 0.375. The number of para-hydroxylation sites is 1. The lowest BCUT2D eigenvalue weighted by Crippen LogP contribution is -2.19. The molecule has 6 nitrogen and oxygen atoms in total. The van der Waals surface area contributed by atoms with E-state index in [1.807, 2.05) is 18.2 Å². The highest BCUT2D eigenvalue weighted by atomic mass is 35.5. The third-order valence-corrected chi connectivity index (χ3v) is 5.30. The van der Waals surface area contributed by atoms with E-state index in [0.717, 1.165) is 4.70 Å². The number of aromatic nitrogens is 2. The summed E-state index contributed by atoms with van der Waals surface area (Å²) < 4.78 is 45.9. The minimum Gasteiger partial charge on any atom is -0.506 e. The van der Waals surface area contributed by atoms with Gasteiger partial charge in [-0.2, -0.15) is 18.2 Å². The Balaban J connectivity index is 1.91. The summed E-state index contributed by atoms with van der Waals surface area (Å²) >= 11 is 7.19. The highest BCUT2D eigenvalue weighted by Crippen LogP contribution is 2.35. The molecule has 2 aromatic carbocycles. The van der Waals surface area contributed by atoms with Gasteiger partial charge in [-0.05, 0) is 37.3 Å². The number of rotatable bonds is 3. The third-order valence-electron chi connectivity index (χ3n) is 4.13. The van der Waals surface area contributed by atoms with Crippen molar-refractivity contribution in [3.8, 4) is 5.75 Å². The zero-order chi connectivity index (χ0) is 21.5. The molecule has 0 amide bonds. The monoisotopic (exact) mass is 452 g/mol. The fraction of sp³-hybridized carbons (Fsp3) is 0.105. The summed E-state index contributed by atoms with van der Waals surface area (Å²) in [6, 6.07) is 11.4. The number of thiazole rings is 1. The first-order valence-corrected chi connectivity index (χ1v) is 9.65. The van der Waals surface area contributed by atoms with Crippen LogP contribution >= 0.6 is 22.9 Å². The van der Waals surface area contributed by atoms with Crippen molar-refractivity contribution in [2.75, 3.05) is 5.32 Å². The number of anilines is 2. The summed E-state index contributed by atoms with van der Waals surface area (Å²) in [4.78, 5) is 8.58. The molecule has 2 aromatic heterocycles. The zero-order valence-electron chi connectivity index (χ0n) is 15.2. The number of alkyl halides is 3. The van der Waals surface area contributed by atoms with Crippen LogP contribution in [0.1, 0.15) is 11.3 Å². The predicted octanol–water partition coefficient (Wildman–Crippen LogP) is 5.95. The second-order valence-electron chi connectivity index (χ2n) is 6.20. The van der Waals surface area contributed by atoms with Gasteiger partial charge in [-0.15, -0.1) is 0 Å². The summed E-state index contributed by atoms with van der Waals surface area (Å²) in [6.45, 7) is 1.23. The van der Waals surface area contributed by atoms with E-state index in [0.29, 0.717) is 5.52 Å². The third kappa shape index (κ3) is 3.96. The number of aromatic hydroxyl groups is 1. The van der Waals surface area contributed by atoms with Crippen LogP contribution in [0.3, 0.4) is 0 Å². The van der Waals surface area contributed by atoms with Crippen LogP contribution in [0.15, 0.2) is 52.0 Å². The van der Waals surface area contributed by atoms with Gasteiger partial charge in [-0.25, -0.2) is 4.98 Å². The van der Waals surface area contributed by atoms with Crippen LogP contribution in [0.25, 0.3) is 10.2 Å². The zero-order valence-corrected chi connectivity index (χ0v) is 16.7. The first kappa shape index (κ1) is 20.2. The van der Waals surface area contributed by atoms with Crippen molar-refractivity contribution < 1.29 is 22.8 Å². The number of nitrogens with one attached hydrogen (secondary N) is 1. The molecule has 2 heterocycles. The number of hydrogen-bond donors (Lipinski definition) is 2. The number of nitrogens with zero attached hydrogens (tertiary/aromatic N) is 3. The minimum absolute atomic E-state index is 0.0841. The second kappa shape index (κ2) is 7.62. The lowest BCUT2D eigenvalue weighted by atomic mass is 10.2. The molecule has 30 heavy (non-hydrogen) atoms. The molecule has 0 atom stereocenters. The van der Waals surface area contributed by atoms with Gasteiger partial charge in [0, 0.05) is 10.6 Å². The smallest absolute Gasteiger partial charge is 0.437 e. The van der Waals surface area contributed by atoms with Gasteiger partial charge in [0.1, 0.15) is 11.4 Å². The summed E-state index contributed by atoms with van der Waals surface area (Å²) in [5, 5.41) is 16.5. The molecule has 0 saturated carbocycles. The number of hydrogen-bond acceptors (Lipinski definition) is 7. The van der Waals surface area contributed by atoms with E-state index in [2.05, 4.69) is 20.4 Å². The Hall–Kier alpha value is -3.11. The number of halogens is 4. The van der Waals surface area contributed by atoms with E-state index >= 15 is 0 Å². The summed E-state index contributed by atoms with van der Waals surface area (Å²) in [7, 11) is 0. The number of benzene rings is 2. The Labute approximate surface area is 176 Å². The Morgan fingerprint density at radius 2 is 1.97 bits per heavy atom. The Bertz CT molecular complexity index is 1280. The summed E-state index contributed by atoms with van der Waals surface area (Å²) in [5.74, 6) is -0.213. The molecule has 0 aliphatic rings. The van der Waals surface area contributed by atoms with Gasteiger partial charge in [0.25, 0.3) is 5.55 Å². The average molecular weight is 453 g/mol. The topological polar surface area (TPSA) is 83.5 Å². The van der Waals surface area contributed by atoms with Crippen molar-refractivity contribution in [1.29, 1.82) is 0 Å². The summed E-state index contributed by atoms with van der Waals surface area (Å²) in [6.07, 6.45) is -4.74. The minimum atomic E-state index is -4.74. The molecule has 11 heteroatoms. The highest BCUT2D eigenvalue weighted by Gasteiger charge is 2.37. The van der Waals surface area contributed by atoms with Crippen LogP contribution < -0.4 is 10.9 Å². The molecule has 0 spiro atoms. The largest absolute Gasteiger partial charge is 0.506 e.